The zero-order valence-electron chi connectivity index (χ0n) is 16.9. The van der Waals surface area contributed by atoms with Crippen LogP contribution in [0.15, 0.2) is 36.4 Å². The summed E-state index contributed by atoms with van der Waals surface area (Å²) < 4.78 is 5.32. The summed E-state index contributed by atoms with van der Waals surface area (Å²) in [7, 11) is 1.54. The molecule has 1 saturated heterocycles. The van der Waals surface area contributed by atoms with Gasteiger partial charge in [0.25, 0.3) is 5.91 Å². The molecule has 2 heterocycles. The van der Waals surface area contributed by atoms with Gasteiger partial charge < -0.3 is 14.5 Å². The van der Waals surface area contributed by atoms with Gasteiger partial charge in [-0.05, 0) is 67.6 Å². The number of carbonyl (C=O) groups excluding carboxylic acids is 2. The number of anilines is 1. The largest absolute Gasteiger partial charge is 0.496 e. The van der Waals surface area contributed by atoms with Crippen LogP contribution in [0.1, 0.15) is 35.2 Å². The van der Waals surface area contributed by atoms with Crippen LogP contribution >= 0.6 is 23.2 Å². The number of nitrogens with zero attached hydrogens (tertiary/aromatic N) is 2. The molecule has 5 nitrogen and oxygen atoms in total. The monoisotopic (exact) mass is 446 g/mol. The van der Waals surface area contributed by atoms with E-state index in [4.69, 9.17) is 27.9 Å². The van der Waals surface area contributed by atoms with Crippen molar-refractivity contribution in [2.75, 3.05) is 31.6 Å². The lowest BCUT2D eigenvalue weighted by atomic mass is 9.92. The zero-order chi connectivity index (χ0) is 21.3. The second-order valence-corrected chi connectivity index (χ2v) is 8.65. The maximum Gasteiger partial charge on any atom is 0.257 e. The summed E-state index contributed by atoms with van der Waals surface area (Å²) in [6, 6.07) is 10.8. The fourth-order valence-electron chi connectivity index (χ4n) is 4.36. The van der Waals surface area contributed by atoms with Crippen molar-refractivity contribution in [3.8, 4) is 5.75 Å². The molecule has 2 aliphatic heterocycles. The van der Waals surface area contributed by atoms with Gasteiger partial charge in [0.05, 0.1) is 12.7 Å². The molecule has 2 aromatic rings. The molecular formula is C23H24Cl2N2O3. The number of piperidine rings is 1. The van der Waals surface area contributed by atoms with E-state index in [1.165, 1.54) is 7.11 Å². The van der Waals surface area contributed by atoms with E-state index < -0.39 is 0 Å². The van der Waals surface area contributed by atoms with Crippen molar-refractivity contribution < 1.29 is 14.3 Å². The van der Waals surface area contributed by atoms with Gasteiger partial charge in [-0.2, -0.15) is 0 Å². The lowest BCUT2D eigenvalue weighted by molar-refractivity contribution is -0.123. The molecule has 158 valence electrons. The molecule has 0 bridgehead atoms. The predicted octanol–water partition coefficient (Wildman–Crippen LogP) is 4.83. The molecule has 0 unspecified atom stereocenters. The molecule has 0 aromatic heterocycles. The molecule has 1 fully saturated rings. The Kier molecular flexibility index (Phi) is 6.21. The lowest BCUT2D eigenvalue weighted by Gasteiger charge is -2.36. The van der Waals surface area contributed by atoms with Crippen molar-refractivity contribution in [3.05, 3.63) is 57.6 Å². The van der Waals surface area contributed by atoms with Crippen LogP contribution in [-0.2, 0) is 11.2 Å². The minimum absolute atomic E-state index is 0.0862. The molecule has 0 atom stereocenters. The quantitative estimate of drug-likeness (QED) is 0.677. The first-order chi connectivity index (χ1) is 14.5. The number of halogens is 2. The summed E-state index contributed by atoms with van der Waals surface area (Å²) in [6.07, 6.45) is 3.17. The molecule has 30 heavy (non-hydrogen) atoms. The minimum atomic E-state index is -0.113. The SMILES string of the molecule is COc1ccc(Cl)cc1C(=O)N1CCC(C(=O)N2CCCc3cc(Cl)ccc32)CC1. The topological polar surface area (TPSA) is 49.9 Å². The van der Waals surface area contributed by atoms with Crippen LogP contribution < -0.4 is 9.64 Å². The average Bonchev–Trinajstić information content (AvgIpc) is 2.77. The number of hydrogen-bond donors (Lipinski definition) is 0. The fraction of sp³-hybridized carbons (Fsp3) is 0.391. The summed E-state index contributed by atoms with van der Waals surface area (Å²) >= 11 is 12.2. The van der Waals surface area contributed by atoms with E-state index in [0.717, 1.165) is 30.6 Å². The summed E-state index contributed by atoms with van der Waals surface area (Å²) in [5, 5.41) is 1.19. The van der Waals surface area contributed by atoms with Gasteiger partial charge in [0.1, 0.15) is 5.75 Å². The van der Waals surface area contributed by atoms with Gasteiger partial charge in [0.2, 0.25) is 5.91 Å². The maximum absolute atomic E-state index is 13.2. The van der Waals surface area contributed by atoms with E-state index in [-0.39, 0.29) is 17.7 Å². The maximum atomic E-state index is 13.2. The van der Waals surface area contributed by atoms with E-state index in [1.807, 2.05) is 23.1 Å². The van der Waals surface area contributed by atoms with Gasteiger partial charge in [-0.1, -0.05) is 23.2 Å². The van der Waals surface area contributed by atoms with E-state index in [9.17, 15) is 9.59 Å². The number of benzene rings is 2. The molecule has 2 aromatic carbocycles. The Morgan fingerprint density at radius 3 is 2.43 bits per heavy atom. The van der Waals surface area contributed by atoms with E-state index in [1.54, 1.807) is 23.1 Å². The van der Waals surface area contributed by atoms with Crippen LogP contribution in [0.2, 0.25) is 10.0 Å². The molecule has 4 rings (SSSR count). The summed E-state index contributed by atoms with van der Waals surface area (Å²) in [6.45, 7) is 1.80. The van der Waals surface area contributed by atoms with Crippen molar-refractivity contribution in [1.82, 2.24) is 4.90 Å². The molecule has 7 heteroatoms. The number of aryl methyl sites for hydroxylation is 1. The smallest absolute Gasteiger partial charge is 0.257 e. The van der Waals surface area contributed by atoms with Crippen molar-refractivity contribution >= 4 is 40.7 Å². The third-order valence-electron chi connectivity index (χ3n) is 5.95. The summed E-state index contributed by atoms with van der Waals surface area (Å²) in [5.41, 5.74) is 2.55. The first kappa shape index (κ1) is 21.0. The third kappa shape index (κ3) is 4.14. The van der Waals surface area contributed by atoms with Gasteiger partial charge in [-0.15, -0.1) is 0 Å². The summed E-state index contributed by atoms with van der Waals surface area (Å²) in [4.78, 5) is 29.9. The first-order valence-electron chi connectivity index (χ1n) is 10.2. The van der Waals surface area contributed by atoms with Gasteiger partial charge in [-0.3, -0.25) is 9.59 Å². The van der Waals surface area contributed by atoms with Crippen LogP contribution in [0, 0.1) is 5.92 Å². The van der Waals surface area contributed by atoms with Gasteiger partial charge in [0, 0.05) is 41.3 Å². The number of likely N-dealkylation sites (tertiary alicyclic amines) is 1. The normalized spacial score (nSPS) is 16.9. The Bertz CT molecular complexity index is 971. The number of amides is 2. The molecule has 2 aliphatic rings. The van der Waals surface area contributed by atoms with Gasteiger partial charge in [-0.25, -0.2) is 0 Å². The second kappa shape index (κ2) is 8.86. The Balaban J connectivity index is 1.44. The molecule has 0 aliphatic carbocycles. The van der Waals surface area contributed by atoms with Gasteiger partial charge in [0.15, 0.2) is 0 Å². The molecular weight excluding hydrogens is 423 g/mol. The number of rotatable bonds is 3. The van der Waals surface area contributed by atoms with E-state index >= 15 is 0 Å². The molecule has 0 N–H and O–H groups in total. The van der Waals surface area contributed by atoms with Gasteiger partial charge >= 0.3 is 0 Å². The molecule has 0 radical (unpaired) electrons. The van der Waals surface area contributed by atoms with Crippen molar-refractivity contribution in [1.29, 1.82) is 0 Å². The van der Waals surface area contributed by atoms with Crippen LogP contribution in [0.3, 0.4) is 0 Å². The number of methoxy groups -OCH3 is 1. The molecule has 0 spiro atoms. The standard InChI is InChI=1S/C23H24Cl2N2O3/c1-30-21-7-5-18(25)14-19(21)23(29)26-11-8-15(9-12-26)22(28)27-10-2-3-16-13-17(24)4-6-20(16)27/h4-7,13-15H,2-3,8-12H2,1H3. The Labute approximate surface area is 186 Å². The van der Waals surface area contributed by atoms with Crippen molar-refractivity contribution in [2.45, 2.75) is 25.7 Å². The van der Waals surface area contributed by atoms with Crippen molar-refractivity contribution in [2.24, 2.45) is 5.92 Å². The highest BCUT2D eigenvalue weighted by molar-refractivity contribution is 6.31. The highest BCUT2D eigenvalue weighted by atomic mass is 35.5. The number of hydrogen-bond acceptors (Lipinski definition) is 3. The van der Waals surface area contributed by atoms with Crippen LogP contribution in [-0.4, -0.2) is 43.5 Å². The predicted molar refractivity (Wildman–Crippen MR) is 119 cm³/mol. The lowest BCUT2D eigenvalue weighted by Crippen LogP contribution is -2.45. The van der Waals surface area contributed by atoms with Crippen LogP contribution in [0.25, 0.3) is 0 Å². The first-order valence-corrected chi connectivity index (χ1v) is 11.0. The minimum Gasteiger partial charge on any atom is -0.496 e. The fourth-order valence-corrected chi connectivity index (χ4v) is 4.73. The highest BCUT2D eigenvalue weighted by Gasteiger charge is 2.33. The number of carbonyl (C=O) groups is 2. The average molecular weight is 447 g/mol. The zero-order valence-corrected chi connectivity index (χ0v) is 18.4. The molecule has 2 amide bonds. The highest BCUT2D eigenvalue weighted by Crippen LogP contribution is 2.33. The van der Waals surface area contributed by atoms with E-state index in [2.05, 4.69) is 0 Å². The van der Waals surface area contributed by atoms with Crippen LogP contribution in [0.5, 0.6) is 5.75 Å². The second-order valence-electron chi connectivity index (χ2n) is 7.78. The van der Waals surface area contributed by atoms with Crippen LogP contribution in [0.4, 0.5) is 5.69 Å². The van der Waals surface area contributed by atoms with Crippen molar-refractivity contribution in [3.63, 3.8) is 0 Å². The third-order valence-corrected chi connectivity index (χ3v) is 6.42. The Hall–Kier alpha value is -2.24. The number of ether oxygens (including phenoxy) is 1. The Morgan fingerprint density at radius 1 is 1.00 bits per heavy atom. The molecule has 0 saturated carbocycles. The number of fused-ring (bicyclic) bond motifs is 1. The summed E-state index contributed by atoms with van der Waals surface area (Å²) in [5.74, 6) is 0.451. The Morgan fingerprint density at radius 2 is 1.70 bits per heavy atom. The van der Waals surface area contributed by atoms with E-state index in [0.29, 0.717) is 47.3 Å².